The molecule has 0 saturated carbocycles. The van der Waals surface area contributed by atoms with Gasteiger partial charge in [0.2, 0.25) is 0 Å². The van der Waals surface area contributed by atoms with Gasteiger partial charge in [0, 0.05) is 5.56 Å². The van der Waals surface area contributed by atoms with Gasteiger partial charge in [-0.3, -0.25) is 4.79 Å². The predicted octanol–water partition coefficient (Wildman–Crippen LogP) is 4.73. The number of rotatable bonds is 3. The van der Waals surface area contributed by atoms with Gasteiger partial charge in [-0.1, -0.05) is 60.7 Å². The minimum absolute atomic E-state index is 0.00523. The molecule has 0 saturated heterocycles. The minimum Gasteiger partial charge on any atom is -0.293 e. The highest BCUT2D eigenvalue weighted by Gasteiger charge is 2.22. The summed E-state index contributed by atoms with van der Waals surface area (Å²) in [6.07, 6.45) is 0. The average Bonchev–Trinajstić information content (AvgIpc) is 2.37. The monoisotopic (exact) mass is 269 g/mol. The van der Waals surface area contributed by atoms with E-state index in [1.807, 2.05) is 44.2 Å². The van der Waals surface area contributed by atoms with Crippen molar-refractivity contribution in [3.63, 3.8) is 0 Å². The third-order valence-corrected chi connectivity index (χ3v) is 3.75. The zero-order chi connectivity index (χ0) is 14.0. The van der Waals surface area contributed by atoms with Crippen LogP contribution in [0.15, 0.2) is 42.5 Å². The normalized spacial score (nSPS) is 12.2. The first-order valence-corrected chi connectivity index (χ1v) is 6.80. The molecule has 0 aliphatic carbocycles. The zero-order valence-electron chi connectivity index (χ0n) is 11.4. The van der Waals surface area contributed by atoms with Crippen LogP contribution < -0.4 is 0 Å². The SMILES string of the molecule is Cc1cc(C)c(C([S])C(=O)c2ccccc2)c(C)c1. The summed E-state index contributed by atoms with van der Waals surface area (Å²) in [6, 6.07) is 13.4. The van der Waals surface area contributed by atoms with Crippen molar-refractivity contribution in [2.75, 3.05) is 0 Å². The van der Waals surface area contributed by atoms with Crippen molar-refractivity contribution >= 4 is 18.4 Å². The maximum absolute atomic E-state index is 12.4. The summed E-state index contributed by atoms with van der Waals surface area (Å²) in [4.78, 5) is 12.4. The second-order valence-corrected chi connectivity index (χ2v) is 5.39. The molecule has 0 amide bonds. The molecule has 97 valence electrons. The Labute approximate surface area is 120 Å². The fourth-order valence-corrected chi connectivity index (χ4v) is 3.00. The van der Waals surface area contributed by atoms with Crippen LogP contribution >= 0.6 is 12.6 Å². The summed E-state index contributed by atoms with van der Waals surface area (Å²) in [5.74, 6) is 0.00523. The maximum atomic E-state index is 12.4. The molecule has 2 aromatic rings. The van der Waals surface area contributed by atoms with Crippen LogP contribution in [0, 0.1) is 20.8 Å². The van der Waals surface area contributed by atoms with Crippen molar-refractivity contribution in [3.05, 3.63) is 70.3 Å². The second kappa shape index (κ2) is 5.62. The van der Waals surface area contributed by atoms with Gasteiger partial charge in [0.1, 0.15) is 5.25 Å². The van der Waals surface area contributed by atoms with E-state index in [1.54, 1.807) is 0 Å². The Balaban J connectivity index is 2.40. The molecule has 0 aliphatic heterocycles. The summed E-state index contributed by atoms with van der Waals surface area (Å²) in [7, 11) is 0. The van der Waals surface area contributed by atoms with Gasteiger partial charge in [-0.05, 0) is 37.5 Å². The number of benzene rings is 2. The molecule has 1 radical (unpaired) electrons. The van der Waals surface area contributed by atoms with Gasteiger partial charge in [0.05, 0.1) is 0 Å². The lowest BCUT2D eigenvalue weighted by atomic mass is 9.93. The molecule has 0 bridgehead atoms. The van der Waals surface area contributed by atoms with Crippen molar-refractivity contribution in [2.45, 2.75) is 26.0 Å². The molecule has 0 fully saturated rings. The molecule has 0 spiro atoms. The van der Waals surface area contributed by atoms with Gasteiger partial charge < -0.3 is 0 Å². The van der Waals surface area contributed by atoms with E-state index in [1.165, 1.54) is 5.56 Å². The minimum atomic E-state index is -0.511. The third-order valence-electron chi connectivity index (χ3n) is 3.30. The predicted molar refractivity (Wildman–Crippen MR) is 81.8 cm³/mol. The molecule has 1 unspecified atom stereocenters. The first kappa shape index (κ1) is 13.9. The molecule has 0 N–H and O–H groups in total. The van der Waals surface area contributed by atoms with Gasteiger partial charge in [0.25, 0.3) is 0 Å². The standard InChI is InChI=1S/C17H17OS/c1-11-9-12(2)15(13(3)10-11)17(19)16(18)14-7-5-4-6-8-14/h4-10,17H,1-3H3. The average molecular weight is 269 g/mol. The van der Waals surface area contributed by atoms with Crippen LogP contribution in [0.2, 0.25) is 0 Å². The molecule has 0 aliphatic rings. The lowest BCUT2D eigenvalue weighted by Crippen LogP contribution is -2.10. The molecule has 2 aromatic carbocycles. The van der Waals surface area contributed by atoms with Crippen molar-refractivity contribution < 1.29 is 4.79 Å². The molecule has 2 heteroatoms. The highest BCUT2D eigenvalue weighted by molar-refractivity contribution is 7.81. The summed E-state index contributed by atoms with van der Waals surface area (Å²) in [5, 5.41) is -0.511. The number of Topliss-reactive ketones (excluding diaryl/α,β-unsaturated/α-hetero) is 1. The van der Waals surface area contributed by atoms with E-state index in [4.69, 9.17) is 12.6 Å². The van der Waals surface area contributed by atoms with Gasteiger partial charge >= 0.3 is 0 Å². The van der Waals surface area contributed by atoms with E-state index in [0.29, 0.717) is 5.56 Å². The van der Waals surface area contributed by atoms with Crippen LogP contribution in [0.5, 0.6) is 0 Å². The Hall–Kier alpha value is -1.54. The fraction of sp³-hybridized carbons (Fsp3) is 0.235. The number of ketones is 1. The molecule has 1 atom stereocenters. The molecule has 2 rings (SSSR count). The van der Waals surface area contributed by atoms with Crippen molar-refractivity contribution in [1.29, 1.82) is 0 Å². The Kier molecular flexibility index (Phi) is 4.11. The largest absolute Gasteiger partial charge is 0.293 e. The van der Waals surface area contributed by atoms with Gasteiger partial charge in [-0.25, -0.2) is 0 Å². The van der Waals surface area contributed by atoms with Crippen LogP contribution in [0.3, 0.4) is 0 Å². The first-order chi connectivity index (χ1) is 9.00. The number of hydrogen-bond donors (Lipinski definition) is 0. The van der Waals surface area contributed by atoms with Gasteiger partial charge in [-0.15, -0.1) is 0 Å². The number of hydrogen-bond acceptors (Lipinski definition) is 1. The van der Waals surface area contributed by atoms with E-state index in [-0.39, 0.29) is 5.78 Å². The number of aryl methyl sites for hydroxylation is 3. The van der Waals surface area contributed by atoms with E-state index in [0.717, 1.165) is 16.7 Å². The Morgan fingerprint density at radius 2 is 1.53 bits per heavy atom. The van der Waals surface area contributed by atoms with Crippen LogP contribution in [0.25, 0.3) is 0 Å². The van der Waals surface area contributed by atoms with E-state index < -0.39 is 5.25 Å². The highest BCUT2D eigenvalue weighted by atomic mass is 32.1. The molecule has 0 heterocycles. The summed E-state index contributed by atoms with van der Waals surface area (Å²) in [5.41, 5.74) is 5.06. The summed E-state index contributed by atoms with van der Waals surface area (Å²) >= 11 is 5.48. The molecule has 0 aromatic heterocycles. The third kappa shape index (κ3) is 2.90. The fourth-order valence-electron chi connectivity index (χ4n) is 2.49. The van der Waals surface area contributed by atoms with Crippen LogP contribution in [-0.2, 0) is 0 Å². The van der Waals surface area contributed by atoms with Crippen molar-refractivity contribution in [3.8, 4) is 0 Å². The Morgan fingerprint density at radius 1 is 1.00 bits per heavy atom. The van der Waals surface area contributed by atoms with E-state index in [9.17, 15) is 4.79 Å². The maximum Gasteiger partial charge on any atom is 0.181 e. The van der Waals surface area contributed by atoms with Gasteiger partial charge in [0.15, 0.2) is 5.78 Å². The number of carbonyl (C=O) groups excluding carboxylic acids is 1. The second-order valence-electron chi connectivity index (χ2n) is 4.92. The smallest absolute Gasteiger partial charge is 0.181 e. The van der Waals surface area contributed by atoms with Crippen molar-refractivity contribution in [2.24, 2.45) is 0 Å². The van der Waals surface area contributed by atoms with E-state index >= 15 is 0 Å². The van der Waals surface area contributed by atoms with Crippen LogP contribution in [0.1, 0.15) is 37.9 Å². The topological polar surface area (TPSA) is 17.1 Å². The highest BCUT2D eigenvalue weighted by Crippen LogP contribution is 2.30. The Bertz CT molecular complexity index is 579. The molecular weight excluding hydrogens is 252 g/mol. The van der Waals surface area contributed by atoms with E-state index in [2.05, 4.69) is 19.1 Å². The summed E-state index contributed by atoms with van der Waals surface area (Å²) in [6.45, 7) is 6.10. The van der Waals surface area contributed by atoms with Crippen molar-refractivity contribution in [1.82, 2.24) is 0 Å². The van der Waals surface area contributed by atoms with Crippen LogP contribution in [0.4, 0.5) is 0 Å². The zero-order valence-corrected chi connectivity index (χ0v) is 12.3. The van der Waals surface area contributed by atoms with Crippen LogP contribution in [-0.4, -0.2) is 5.78 Å². The van der Waals surface area contributed by atoms with Gasteiger partial charge in [-0.2, -0.15) is 0 Å². The summed E-state index contributed by atoms with van der Waals surface area (Å²) < 4.78 is 0. The quantitative estimate of drug-likeness (QED) is 0.736. The Morgan fingerprint density at radius 3 is 2.05 bits per heavy atom. The number of carbonyl (C=O) groups is 1. The molecule has 1 nitrogen and oxygen atoms in total. The lowest BCUT2D eigenvalue weighted by Gasteiger charge is -2.16. The molecular formula is C17H17OS. The molecule has 19 heavy (non-hydrogen) atoms. The first-order valence-electron chi connectivity index (χ1n) is 6.33. The lowest BCUT2D eigenvalue weighted by molar-refractivity contribution is 0.0989.